The van der Waals surface area contributed by atoms with E-state index < -0.39 is 28.3 Å². The van der Waals surface area contributed by atoms with Crippen molar-refractivity contribution in [3.63, 3.8) is 0 Å². The van der Waals surface area contributed by atoms with Gasteiger partial charge in [0.2, 0.25) is 0 Å². The fraction of sp³-hybridized carbons (Fsp3) is 0.692. The van der Waals surface area contributed by atoms with Gasteiger partial charge in [0, 0.05) is 36.6 Å². The molecular weight excluding hydrogens is 338 g/mol. The van der Waals surface area contributed by atoms with Crippen LogP contribution < -0.4 is 4.74 Å². The Labute approximate surface area is 130 Å². The Balaban J connectivity index is 2.00. The maximum Gasteiger partial charge on any atom is 0.281 e. The largest absolute Gasteiger partial charge is 0.480 e. The molecule has 1 aliphatic carbocycles. The van der Waals surface area contributed by atoms with E-state index in [1.54, 1.807) is 0 Å². The number of rotatable bonds is 3. The Hall–Kier alpha value is -0.770. The van der Waals surface area contributed by atoms with Crippen molar-refractivity contribution in [3.8, 4) is 5.06 Å². The van der Waals surface area contributed by atoms with Crippen LogP contribution in [0, 0.1) is 0 Å². The van der Waals surface area contributed by atoms with E-state index in [0.717, 1.165) is 17.6 Å². The molecule has 2 heterocycles. The SMILES string of the molecule is CS(=O)(=O)c1sc(OC2CCOCC2)c2c1C(O)C(F)(F)C2. The van der Waals surface area contributed by atoms with Crippen molar-refractivity contribution in [3.05, 3.63) is 11.1 Å². The van der Waals surface area contributed by atoms with Crippen LogP contribution in [0.3, 0.4) is 0 Å². The van der Waals surface area contributed by atoms with Crippen molar-refractivity contribution in [2.75, 3.05) is 19.5 Å². The lowest BCUT2D eigenvalue weighted by molar-refractivity contribution is -0.0976. The summed E-state index contributed by atoms with van der Waals surface area (Å²) >= 11 is 0.823. The van der Waals surface area contributed by atoms with E-state index in [4.69, 9.17) is 9.47 Å². The van der Waals surface area contributed by atoms with Gasteiger partial charge in [0.1, 0.15) is 16.4 Å². The number of thiophene rings is 1. The zero-order chi connectivity index (χ0) is 16.1. The lowest BCUT2D eigenvalue weighted by Crippen LogP contribution is -2.26. The second-order valence-corrected chi connectivity index (χ2v) is 8.81. The van der Waals surface area contributed by atoms with Gasteiger partial charge in [0.15, 0.2) is 14.9 Å². The van der Waals surface area contributed by atoms with E-state index in [1.807, 2.05) is 0 Å². The molecule has 0 radical (unpaired) electrons. The number of halogens is 2. The van der Waals surface area contributed by atoms with Gasteiger partial charge in [-0.25, -0.2) is 17.2 Å². The van der Waals surface area contributed by atoms with Crippen LogP contribution in [-0.4, -0.2) is 45.0 Å². The van der Waals surface area contributed by atoms with Crippen LogP contribution in [0.5, 0.6) is 5.06 Å². The molecule has 3 rings (SSSR count). The standard InChI is InChI=1S/C13H16F2O5S2/c1-22(17,18)12-9-8(6-13(14,15)10(9)16)11(21-12)20-7-2-4-19-5-3-7/h7,10,16H,2-6H2,1H3. The topological polar surface area (TPSA) is 72.8 Å². The van der Waals surface area contributed by atoms with E-state index >= 15 is 0 Å². The fourth-order valence-corrected chi connectivity index (χ4v) is 5.21. The van der Waals surface area contributed by atoms with Crippen LogP contribution in [0.4, 0.5) is 8.78 Å². The molecule has 0 bridgehead atoms. The van der Waals surface area contributed by atoms with Gasteiger partial charge >= 0.3 is 0 Å². The summed E-state index contributed by atoms with van der Waals surface area (Å²) in [5.41, 5.74) is -0.0750. The van der Waals surface area contributed by atoms with Crippen LogP contribution in [-0.2, 0) is 21.0 Å². The second-order valence-electron chi connectivity index (χ2n) is 5.61. The Kier molecular flexibility index (Phi) is 3.95. The van der Waals surface area contributed by atoms with Crippen molar-refractivity contribution in [1.82, 2.24) is 0 Å². The molecule has 1 fully saturated rings. The summed E-state index contributed by atoms with van der Waals surface area (Å²) in [7, 11) is -3.71. The molecule has 9 heteroatoms. The lowest BCUT2D eigenvalue weighted by atomic mass is 10.1. The molecule has 1 aromatic rings. The molecule has 1 saturated heterocycles. The van der Waals surface area contributed by atoms with Crippen molar-refractivity contribution in [1.29, 1.82) is 0 Å². The Morgan fingerprint density at radius 1 is 1.36 bits per heavy atom. The number of hydrogen-bond donors (Lipinski definition) is 1. The van der Waals surface area contributed by atoms with Gasteiger partial charge in [-0.05, 0) is 0 Å². The first-order valence-electron chi connectivity index (χ1n) is 6.86. The summed E-state index contributed by atoms with van der Waals surface area (Å²) in [6.07, 6.45) is -0.792. The number of alkyl halides is 2. The smallest absolute Gasteiger partial charge is 0.281 e. The monoisotopic (exact) mass is 354 g/mol. The number of sulfone groups is 1. The predicted molar refractivity (Wildman–Crippen MR) is 75.5 cm³/mol. The Bertz CT molecular complexity index is 677. The molecule has 1 N–H and O–H groups in total. The summed E-state index contributed by atoms with van der Waals surface area (Å²) in [6.45, 7) is 1.05. The highest BCUT2D eigenvalue weighted by atomic mass is 32.2. The van der Waals surface area contributed by atoms with Gasteiger partial charge in [0.25, 0.3) is 5.92 Å². The molecule has 0 aromatic carbocycles. The van der Waals surface area contributed by atoms with Gasteiger partial charge in [-0.15, -0.1) is 0 Å². The van der Waals surface area contributed by atoms with Crippen LogP contribution in [0.1, 0.15) is 30.1 Å². The number of aliphatic hydroxyl groups excluding tert-OH is 1. The molecular formula is C13H16F2O5S2. The molecule has 22 heavy (non-hydrogen) atoms. The molecule has 124 valence electrons. The van der Waals surface area contributed by atoms with Gasteiger partial charge < -0.3 is 14.6 Å². The molecule has 1 aromatic heterocycles. The average molecular weight is 354 g/mol. The molecule has 1 unspecified atom stereocenters. The maximum absolute atomic E-state index is 13.8. The van der Waals surface area contributed by atoms with E-state index in [2.05, 4.69) is 0 Å². The van der Waals surface area contributed by atoms with Gasteiger partial charge in [0.05, 0.1) is 13.2 Å². The highest BCUT2D eigenvalue weighted by Crippen LogP contribution is 2.53. The number of aliphatic hydroxyl groups is 1. The summed E-state index contributed by atoms with van der Waals surface area (Å²) in [5, 5.41) is 9.97. The number of ether oxygens (including phenoxy) is 2. The first-order chi connectivity index (χ1) is 10.2. The molecule has 0 spiro atoms. The van der Waals surface area contributed by atoms with Crippen molar-refractivity contribution in [2.45, 2.75) is 41.6 Å². The minimum atomic E-state index is -3.71. The summed E-state index contributed by atoms with van der Waals surface area (Å²) in [6, 6.07) is 0. The summed E-state index contributed by atoms with van der Waals surface area (Å²) < 4.78 is 61.9. The fourth-order valence-electron chi connectivity index (χ4n) is 2.74. The van der Waals surface area contributed by atoms with Gasteiger partial charge in [-0.3, -0.25) is 0 Å². The van der Waals surface area contributed by atoms with Gasteiger partial charge in [-0.1, -0.05) is 11.3 Å². The Morgan fingerprint density at radius 3 is 2.59 bits per heavy atom. The minimum absolute atomic E-state index is 0.120. The normalized spacial score (nSPS) is 25.2. The Morgan fingerprint density at radius 2 is 2.00 bits per heavy atom. The molecule has 1 atom stereocenters. The van der Waals surface area contributed by atoms with Crippen LogP contribution in [0.25, 0.3) is 0 Å². The van der Waals surface area contributed by atoms with E-state index in [1.165, 1.54) is 0 Å². The van der Waals surface area contributed by atoms with Crippen molar-refractivity contribution < 1.29 is 31.8 Å². The highest BCUT2D eigenvalue weighted by Gasteiger charge is 2.52. The first-order valence-corrected chi connectivity index (χ1v) is 9.57. The molecule has 5 nitrogen and oxygen atoms in total. The van der Waals surface area contributed by atoms with Crippen LogP contribution in [0.15, 0.2) is 4.21 Å². The molecule has 2 aliphatic rings. The predicted octanol–water partition coefficient (Wildman–Crippen LogP) is 1.93. The third kappa shape index (κ3) is 2.75. The second kappa shape index (κ2) is 5.40. The number of hydrogen-bond acceptors (Lipinski definition) is 6. The highest BCUT2D eigenvalue weighted by molar-refractivity contribution is 7.92. The molecule has 0 saturated carbocycles. The summed E-state index contributed by atoms with van der Waals surface area (Å²) in [5.74, 6) is -3.37. The van der Waals surface area contributed by atoms with E-state index in [9.17, 15) is 22.3 Å². The minimum Gasteiger partial charge on any atom is -0.480 e. The third-order valence-corrected chi connectivity index (χ3v) is 6.83. The lowest BCUT2D eigenvalue weighted by Gasteiger charge is -2.23. The zero-order valence-electron chi connectivity index (χ0n) is 11.8. The van der Waals surface area contributed by atoms with Crippen LogP contribution in [0.2, 0.25) is 0 Å². The van der Waals surface area contributed by atoms with E-state index in [-0.39, 0.29) is 26.5 Å². The van der Waals surface area contributed by atoms with Crippen molar-refractivity contribution >= 4 is 21.2 Å². The third-order valence-electron chi connectivity index (χ3n) is 3.84. The van der Waals surface area contributed by atoms with Crippen molar-refractivity contribution in [2.24, 2.45) is 0 Å². The first kappa shape index (κ1) is 16.1. The zero-order valence-corrected chi connectivity index (χ0v) is 13.5. The molecule has 0 amide bonds. The molecule has 1 aliphatic heterocycles. The maximum atomic E-state index is 13.8. The van der Waals surface area contributed by atoms with Crippen LogP contribution >= 0.6 is 11.3 Å². The quantitative estimate of drug-likeness (QED) is 0.898. The average Bonchev–Trinajstić information content (AvgIpc) is 2.87. The summed E-state index contributed by atoms with van der Waals surface area (Å²) in [4.78, 5) is 0. The number of fused-ring (bicyclic) bond motifs is 1. The van der Waals surface area contributed by atoms with Gasteiger partial charge in [-0.2, -0.15) is 0 Å². The van der Waals surface area contributed by atoms with E-state index in [0.29, 0.717) is 26.1 Å².